The highest BCUT2D eigenvalue weighted by molar-refractivity contribution is 5.89. The minimum Gasteiger partial charge on any atom is -0.505 e. The van der Waals surface area contributed by atoms with Gasteiger partial charge in [0.2, 0.25) is 0 Å². The third kappa shape index (κ3) is 2.28. The summed E-state index contributed by atoms with van der Waals surface area (Å²) < 4.78 is 13.2. The summed E-state index contributed by atoms with van der Waals surface area (Å²) in [4.78, 5) is 20.4. The van der Waals surface area contributed by atoms with Crippen LogP contribution in [0.25, 0.3) is 0 Å². The summed E-state index contributed by atoms with van der Waals surface area (Å²) in [7, 11) is 0. The van der Waals surface area contributed by atoms with Gasteiger partial charge in [-0.25, -0.2) is 4.39 Å². The van der Waals surface area contributed by atoms with Gasteiger partial charge in [-0.2, -0.15) is 0 Å². The molecule has 5 nitrogen and oxygen atoms in total. The molecule has 1 aromatic carbocycles. The predicted octanol–water partition coefficient (Wildman–Crippen LogP) is 1.58. The Labute approximate surface area is 84.3 Å². The SMILES string of the molecule is CC(=O)[CH]c1c([N+](=O)[O-])ccc(O)c1F. The van der Waals surface area contributed by atoms with E-state index in [1.54, 1.807) is 0 Å². The van der Waals surface area contributed by atoms with Gasteiger partial charge in [0.15, 0.2) is 11.6 Å². The maximum Gasteiger partial charge on any atom is 0.276 e. The molecule has 0 saturated carbocycles. The van der Waals surface area contributed by atoms with Gasteiger partial charge in [0.05, 0.1) is 16.9 Å². The average molecular weight is 212 g/mol. The Balaban J connectivity index is 3.34. The van der Waals surface area contributed by atoms with E-state index in [9.17, 15) is 19.3 Å². The van der Waals surface area contributed by atoms with Crippen LogP contribution in [0.3, 0.4) is 0 Å². The molecule has 1 rings (SSSR count). The van der Waals surface area contributed by atoms with Gasteiger partial charge in [-0.15, -0.1) is 0 Å². The number of nitrogens with zero attached hydrogens (tertiary/aromatic N) is 1. The van der Waals surface area contributed by atoms with Crippen LogP contribution in [0.15, 0.2) is 12.1 Å². The Kier molecular flexibility index (Phi) is 2.99. The maximum atomic E-state index is 13.2. The molecule has 0 aliphatic rings. The minimum atomic E-state index is -1.17. The van der Waals surface area contributed by atoms with Crippen LogP contribution in [-0.2, 0) is 4.79 Å². The minimum absolute atomic E-state index is 0.507. The Hall–Kier alpha value is -1.98. The van der Waals surface area contributed by atoms with E-state index < -0.39 is 33.5 Å². The van der Waals surface area contributed by atoms with Crippen molar-refractivity contribution in [2.75, 3.05) is 0 Å². The van der Waals surface area contributed by atoms with E-state index in [0.717, 1.165) is 25.5 Å². The molecule has 0 atom stereocenters. The zero-order chi connectivity index (χ0) is 11.6. The Morgan fingerprint density at radius 3 is 2.67 bits per heavy atom. The normalized spacial score (nSPS) is 10.0. The molecule has 15 heavy (non-hydrogen) atoms. The maximum absolute atomic E-state index is 13.2. The summed E-state index contributed by atoms with van der Waals surface area (Å²) in [6.07, 6.45) is 0.771. The molecule has 0 aliphatic heterocycles. The third-order valence-corrected chi connectivity index (χ3v) is 1.68. The summed E-state index contributed by atoms with van der Waals surface area (Å²) in [5.74, 6) is -2.44. The van der Waals surface area contributed by atoms with Crippen LogP contribution in [-0.4, -0.2) is 15.8 Å². The number of nitro benzene ring substituents is 1. The molecule has 79 valence electrons. The van der Waals surface area contributed by atoms with Gasteiger partial charge in [0.25, 0.3) is 5.69 Å². The number of benzene rings is 1. The smallest absolute Gasteiger partial charge is 0.276 e. The van der Waals surface area contributed by atoms with Gasteiger partial charge < -0.3 is 5.11 Å². The van der Waals surface area contributed by atoms with E-state index in [4.69, 9.17) is 5.11 Å². The number of carbonyl (C=O) groups excluding carboxylic acids is 1. The number of phenols is 1. The molecule has 1 N–H and O–H groups in total. The summed E-state index contributed by atoms with van der Waals surface area (Å²) in [5, 5.41) is 19.5. The van der Waals surface area contributed by atoms with Crippen LogP contribution in [0.4, 0.5) is 10.1 Å². The molecule has 0 amide bonds. The van der Waals surface area contributed by atoms with Crippen LogP contribution >= 0.6 is 0 Å². The largest absolute Gasteiger partial charge is 0.505 e. The van der Waals surface area contributed by atoms with Crippen molar-refractivity contribution in [2.45, 2.75) is 6.92 Å². The molecular weight excluding hydrogens is 205 g/mol. The second-order valence-corrected chi connectivity index (χ2v) is 2.84. The molecule has 0 bridgehead atoms. The number of halogens is 1. The van der Waals surface area contributed by atoms with E-state index in [1.165, 1.54) is 0 Å². The Morgan fingerprint density at radius 1 is 1.60 bits per heavy atom. The van der Waals surface area contributed by atoms with Crippen molar-refractivity contribution in [2.24, 2.45) is 0 Å². The van der Waals surface area contributed by atoms with Crippen LogP contribution in [0.1, 0.15) is 12.5 Å². The van der Waals surface area contributed by atoms with Crippen molar-refractivity contribution in [3.8, 4) is 5.75 Å². The molecule has 0 saturated heterocycles. The summed E-state index contributed by atoms with van der Waals surface area (Å²) in [6.45, 7) is 1.13. The first-order valence-corrected chi connectivity index (χ1v) is 3.94. The summed E-state index contributed by atoms with van der Waals surface area (Å²) >= 11 is 0. The summed E-state index contributed by atoms with van der Waals surface area (Å²) in [5.41, 5.74) is -1.06. The van der Waals surface area contributed by atoms with Crippen molar-refractivity contribution in [1.29, 1.82) is 0 Å². The third-order valence-electron chi connectivity index (χ3n) is 1.68. The van der Waals surface area contributed by atoms with Crippen LogP contribution in [0.2, 0.25) is 0 Å². The lowest BCUT2D eigenvalue weighted by Gasteiger charge is -2.03. The van der Waals surface area contributed by atoms with Gasteiger partial charge in [0, 0.05) is 6.07 Å². The van der Waals surface area contributed by atoms with Crippen LogP contribution < -0.4 is 0 Å². The first-order chi connectivity index (χ1) is 6.93. The van der Waals surface area contributed by atoms with Crippen molar-refractivity contribution >= 4 is 11.5 Å². The van der Waals surface area contributed by atoms with Crippen molar-refractivity contribution in [3.63, 3.8) is 0 Å². The predicted molar refractivity (Wildman–Crippen MR) is 48.8 cm³/mol. The molecule has 0 spiro atoms. The Morgan fingerprint density at radius 2 is 2.20 bits per heavy atom. The number of Topliss-reactive ketones (excluding diaryl/α,β-unsaturated/α-hetero) is 1. The molecule has 1 aromatic rings. The first-order valence-electron chi connectivity index (χ1n) is 3.94. The van der Waals surface area contributed by atoms with Gasteiger partial charge in [0.1, 0.15) is 5.78 Å². The zero-order valence-corrected chi connectivity index (χ0v) is 7.73. The monoisotopic (exact) mass is 212 g/mol. The Bertz CT molecular complexity index is 430. The highest BCUT2D eigenvalue weighted by Gasteiger charge is 2.22. The number of hydrogen-bond acceptors (Lipinski definition) is 4. The van der Waals surface area contributed by atoms with Crippen LogP contribution in [0.5, 0.6) is 5.75 Å². The zero-order valence-electron chi connectivity index (χ0n) is 7.73. The number of nitro groups is 1. The van der Waals surface area contributed by atoms with Gasteiger partial charge in [-0.3, -0.25) is 14.9 Å². The number of carbonyl (C=O) groups is 1. The van der Waals surface area contributed by atoms with Crippen molar-refractivity contribution in [3.05, 3.63) is 40.0 Å². The average Bonchev–Trinajstić information content (AvgIpc) is 2.12. The van der Waals surface area contributed by atoms with E-state index in [0.29, 0.717) is 0 Å². The van der Waals surface area contributed by atoms with Gasteiger partial charge in [-0.05, 0) is 13.0 Å². The topological polar surface area (TPSA) is 80.4 Å². The van der Waals surface area contributed by atoms with Crippen LogP contribution in [0, 0.1) is 22.4 Å². The second kappa shape index (κ2) is 4.04. The van der Waals surface area contributed by atoms with E-state index in [2.05, 4.69) is 0 Å². The summed E-state index contributed by atoms with van der Waals surface area (Å²) in [6, 6.07) is 1.80. The van der Waals surface area contributed by atoms with Gasteiger partial charge in [-0.1, -0.05) is 0 Å². The first kappa shape index (κ1) is 11.1. The fourth-order valence-electron chi connectivity index (χ4n) is 1.07. The second-order valence-electron chi connectivity index (χ2n) is 2.84. The highest BCUT2D eigenvalue weighted by Crippen LogP contribution is 2.29. The van der Waals surface area contributed by atoms with Gasteiger partial charge >= 0.3 is 0 Å². The lowest BCUT2D eigenvalue weighted by molar-refractivity contribution is -0.385. The number of ketones is 1. The molecular formula is C9H7FNO4. The molecule has 0 heterocycles. The van der Waals surface area contributed by atoms with E-state index in [1.807, 2.05) is 0 Å². The molecule has 0 aromatic heterocycles. The molecule has 0 fully saturated rings. The fourth-order valence-corrected chi connectivity index (χ4v) is 1.07. The van der Waals surface area contributed by atoms with Crippen molar-refractivity contribution < 1.29 is 19.2 Å². The standard InChI is InChI=1S/C9H7FNO4/c1-5(12)4-6-7(11(14)15)2-3-8(13)9(6)10/h2-4,13H,1H3. The fraction of sp³-hybridized carbons (Fsp3) is 0.111. The van der Waals surface area contributed by atoms with Crippen molar-refractivity contribution in [1.82, 2.24) is 0 Å². The number of rotatable bonds is 3. The van der Waals surface area contributed by atoms with E-state index in [-0.39, 0.29) is 0 Å². The lowest BCUT2D eigenvalue weighted by Crippen LogP contribution is -2.02. The lowest BCUT2D eigenvalue weighted by atomic mass is 10.1. The quantitative estimate of drug-likeness (QED) is 0.609. The highest BCUT2D eigenvalue weighted by atomic mass is 19.1. The number of phenolic OH excluding ortho intramolecular Hbond substituents is 1. The molecule has 0 unspecified atom stereocenters. The molecule has 1 radical (unpaired) electrons. The molecule has 6 heteroatoms. The number of hydrogen-bond donors (Lipinski definition) is 1. The molecule has 0 aliphatic carbocycles. The van der Waals surface area contributed by atoms with E-state index >= 15 is 0 Å². The number of aromatic hydroxyl groups is 1.